The molecule has 1 aromatic heterocycles. The lowest BCUT2D eigenvalue weighted by Crippen LogP contribution is -2.38. The Labute approximate surface area is 190 Å². The number of anilines is 1. The third-order valence-electron chi connectivity index (χ3n) is 5.51. The molecule has 7 nitrogen and oxygen atoms in total. The van der Waals surface area contributed by atoms with E-state index in [2.05, 4.69) is 15.5 Å². The first-order chi connectivity index (χ1) is 15.3. The number of carbonyl (C=O) groups excluding carboxylic acids is 1. The third-order valence-corrected chi connectivity index (χ3v) is 8.65. The monoisotopic (exact) mass is 474 g/mol. The summed E-state index contributed by atoms with van der Waals surface area (Å²) in [5, 5.41) is 11.4. The van der Waals surface area contributed by atoms with Gasteiger partial charge in [-0.1, -0.05) is 41.2 Å². The van der Waals surface area contributed by atoms with Gasteiger partial charge in [0.05, 0.1) is 10.6 Å². The van der Waals surface area contributed by atoms with Crippen molar-refractivity contribution in [2.75, 3.05) is 18.4 Å². The van der Waals surface area contributed by atoms with Gasteiger partial charge in [-0.15, -0.1) is 10.2 Å². The number of hydrogen-bond donors (Lipinski definition) is 1. The first-order valence-corrected chi connectivity index (χ1v) is 12.5. The van der Waals surface area contributed by atoms with Crippen LogP contribution in [0.25, 0.3) is 0 Å². The maximum Gasteiger partial charge on any atom is 0.286 e. The number of sulfonamides is 1. The van der Waals surface area contributed by atoms with E-state index >= 15 is 0 Å². The predicted octanol–water partition coefficient (Wildman–Crippen LogP) is 4.11. The molecule has 3 aromatic rings. The van der Waals surface area contributed by atoms with Crippen molar-refractivity contribution < 1.29 is 17.6 Å². The van der Waals surface area contributed by atoms with Crippen LogP contribution in [0.2, 0.25) is 0 Å². The number of aryl methyl sites for hydroxylation is 2. The molecule has 1 saturated heterocycles. The third kappa shape index (κ3) is 4.57. The summed E-state index contributed by atoms with van der Waals surface area (Å²) < 4.78 is 41.4. The number of halogens is 1. The molecule has 2 heterocycles. The normalized spacial score (nSPS) is 15.6. The number of amides is 1. The van der Waals surface area contributed by atoms with Crippen LogP contribution in [-0.4, -0.2) is 41.9 Å². The number of piperidine rings is 1. The molecular formula is C22H23FN4O3S2. The molecule has 0 spiro atoms. The van der Waals surface area contributed by atoms with Crippen LogP contribution in [0.4, 0.5) is 10.1 Å². The number of carbonyl (C=O) groups is 1. The first kappa shape index (κ1) is 22.5. The van der Waals surface area contributed by atoms with Crippen LogP contribution < -0.4 is 5.32 Å². The van der Waals surface area contributed by atoms with Crippen molar-refractivity contribution in [2.24, 2.45) is 0 Å². The lowest BCUT2D eigenvalue weighted by Gasteiger charge is -2.30. The smallest absolute Gasteiger partial charge is 0.286 e. The molecule has 2 aromatic carbocycles. The fourth-order valence-corrected chi connectivity index (χ4v) is 6.38. The number of para-hydroxylation sites is 1. The minimum absolute atomic E-state index is 0.0214. The number of nitrogens with zero attached hydrogens (tertiary/aromatic N) is 3. The summed E-state index contributed by atoms with van der Waals surface area (Å²) in [6.07, 6.45) is 1.18. The second-order valence-electron chi connectivity index (χ2n) is 7.83. The van der Waals surface area contributed by atoms with Crippen LogP contribution in [0, 0.1) is 19.7 Å². The standard InChI is InChI=1S/C22H23FN4O3S2/c1-14-7-8-19(15(2)13-14)32(29,30)27-11-9-16(10-12-27)21-25-26-22(31-21)20(28)24-18-6-4-3-5-17(18)23/h3-8,13,16H,9-12H2,1-2H3,(H,24,28). The SMILES string of the molecule is Cc1ccc(S(=O)(=O)N2CCC(c3nnc(C(=O)Nc4ccccc4F)s3)CC2)c(C)c1. The first-order valence-electron chi connectivity index (χ1n) is 10.2. The molecule has 168 valence electrons. The number of aromatic nitrogens is 2. The Morgan fingerprint density at radius 2 is 1.84 bits per heavy atom. The molecule has 1 fully saturated rings. The van der Waals surface area contributed by atoms with Crippen molar-refractivity contribution in [3.8, 4) is 0 Å². The van der Waals surface area contributed by atoms with E-state index in [0.717, 1.165) is 22.5 Å². The van der Waals surface area contributed by atoms with Gasteiger partial charge in [0.25, 0.3) is 5.91 Å². The molecule has 0 saturated carbocycles. The van der Waals surface area contributed by atoms with Gasteiger partial charge in [-0.05, 0) is 50.5 Å². The second kappa shape index (κ2) is 9.05. The molecule has 0 atom stereocenters. The van der Waals surface area contributed by atoms with Gasteiger partial charge in [-0.3, -0.25) is 4.79 Å². The number of hydrogen-bond acceptors (Lipinski definition) is 6. The van der Waals surface area contributed by atoms with Crippen molar-refractivity contribution in [3.63, 3.8) is 0 Å². The summed E-state index contributed by atoms with van der Waals surface area (Å²) in [5.74, 6) is -1.02. The van der Waals surface area contributed by atoms with Gasteiger partial charge in [0.15, 0.2) is 0 Å². The fourth-order valence-electron chi connectivity index (χ4n) is 3.80. The molecule has 1 amide bonds. The molecule has 0 unspecified atom stereocenters. The van der Waals surface area contributed by atoms with E-state index in [1.807, 2.05) is 26.0 Å². The van der Waals surface area contributed by atoms with Crippen LogP contribution in [0.5, 0.6) is 0 Å². The minimum atomic E-state index is -3.56. The molecule has 32 heavy (non-hydrogen) atoms. The van der Waals surface area contributed by atoms with Crippen LogP contribution in [-0.2, 0) is 10.0 Å². The largest absolute Gasteiger partial charge is 0.317 e. The highest BCUT2D eigenvalue weighted by Gasteiger charge is 2.32. The molecule has 0 radical (unpaired) electrons. The zero-order valence-corrected chi connectivity index (χ0v) is 19.3. The van der Waals surface area contributed by atoms with E-state index in [0.29, 0.717) is 35.8 Å². The van der Waals surface area contributed by atoms with Crippen LogP contribution in [0.1, 0.15) is 44.7 Å². The number of nitrogens with one attached hydrogen (secondary N) is 1. The number of rotatable bonds is 5. The quantitative estimate of drug-likeness (QED) is 0.601. The summed E-state index contributed by atoms with van der Waals surface area (Å²) in [4.78, 5) is 12.7. The van der Waals surface area contributed by atoms with Gasteiger partial charge in [0.1, 0.15) is 10.8 Å². The van der Waals surface area contributed by atoms with Gasteiger partial charge >= 0.3 is 0 Å². The highest BCUT2D eigenvalue weighted by molar-refractivity contribution is 7.89. The fraction of sp³-hybridized carbons (Fsp3) is 0.318. The summed E-state index contributed by atoms with van der Waals surface area (Å²) in [6, 6.07) is 11.3. The highest BCUT2D eigenvalue weighted by atomic mass is 32.2. The zero-order chi connectivity index (χ0) is 22.9. The van der Waals surface area contributed by atoms with E-state index < -0.39 is 21.7 Å². The Bertz CT molecular complexity index is 1250. The molecule has 0 aliphatic carbocycles. The Balaban J connectivity index is 1.41. The van der Waals surface area contributed by atoms with Crippen molar-refractivity contribution in [1.82, 2.24) is 14.5 Å². The minimum Gasteiger partial charge on any atom is -0.317 e. The maximum atomic E-state index is 13.8. The molecular weight excluding hydrogens is 451 g/mol. The predicted molar refractivity (Wildman–Crippen MR) is 121 cm³/mol. The Morgan fingerprint density at radius 3 is 2.53 bits per heavy atom. The average Bonchev–Trinajstić information content (AvgIpc) is 3.26. The Kier molecular flexibility index (Phi) is 6.36. The molecule has 1 aliphatic rings. The van der Waals surface area contributed by atoms with E-state index in [-0.39, 0.29) is 16.6 Å². The Hall–Kier alpha value is -2.69. The van der Waals surface area contributed by atoms with Gasteiger partial charge in [0, 0.05) is 19.0 Å². The molecule has 1 aliphatic heterocycles. The van der Waals surface area contributed by atoms with Crippen molar-refractivity contribution in [2.45, 2.75) is 37.5 Å². The summed E-state index contributed by atoms with van der Waals surface area (Å²) in [5.41, 5.74) is 1.84. The number of benzene rings is 2. The highest BCUT2D eigenvalue weighted by Crippen LogP contribution is 2.33. The molecule has 10 heteroatoms. The summed E-state index contributed by atoms with van der Waals surface area (Å²) in [7, 11) is -3.56. The molecule has 4 rings (SSSR count). The summed E-state index contributed by atoms with van der Waals surface area (Å²) in [6.45, 7) is 4.48. The maximum absolute atomic E-state index is 13.8. The van der Waals surface area contributed by atoms with Crippen molar-refractivity contribution in [1.29, 1.82) is 0 Å². The van der Waals surface area contributed by atoms with Gasteiger partial charge in [0.2, 0.25) is 15.0 Å². The van der Waals surface area contributed by atoms with Crippen LogP contribution >= 0.6 is 11.3 Å². The van der Waals surface area contributed by atoms with Crippen LogP contribution in [0.15, 0.2) is 47.4 Å². The van der Waals surface area contributed by atoms with E-state index in [4.69, 9.17) is 0 Å². The van der Waals surface area contributed by atoms with Crippen molar-refractivity contribution in [3.05, 3.63) is 69.4 Å². The van der Waals surface area contributed by atoms with Gasteiger partial charge in [-0.2, -0.15) is 4.31 Å². The van der Waals surface area contributed by atoms with Gasteiger partial charge in [-0.25, -0.2) is 12.8 Å². The van der Waals surface area contributed by atoms with E-state index in [1.165, 1.54) is 16.4 Å². The summed E-state index contributed by atoms with van der Waals surface area (Å²) >= 11 is 1.16. The van der Waals surface area contributed by atoms with Crippen LogP contribution in [0.3, 0.4) is 0 Å². The molecule has 1 N–H and O–H groups in total. The lowest BCUT2D eigenvalue weighted by atomic mass is 9.99. The Morgan fingerprint density at radius 1 is 1.12 bits per heavy atom. The van der Waals surface area contributed by atoms with E-state index in [1.54, 1.807) is 18.2 Å². The second-order valence-corrected chi connectivity index (χ2v) is 10.7. The average molecular weight is 475 g/mol. The topological polar surface area (TPSA) is 92.3 Å². The van der Waals surface area contributed by atoms with Crippen molar-refractivity contribution >= 4 is 33.0 Å². The van der Waals surface area contributed by atoms with Gasteiger partial charge < -0.3 is 5.32 Å². The van der Waals surface area contributed by atoms with E-state index in [9.17, 15) is 17.6 Å². The zero-order valence-electron chi connectivity index (χ0n) is 17.7. The molecule has 0 bridgehead atoms. The lowest BCUT2D eigenvalue weighted by molar-refractivity contribution is 0.102.